The van der Waals surface area contributed by atoms with Crippen molar-refractivity contribution in [3.05, 3.63) is 51.8 Å². The summed E-state index contributed by atoms with van der Waals surface area (Å²) in [6.07, 6.45) is 3.11. The van der Waals surface area contributed by atoms with Gasteiger partial charge in [-0.05, 0) is 40.2 Å². The van der Waals surface area contributed by atoms with E-state index in [2.05, 4.69) is 31.2 Å². The maximum atomic E-state index is 11.9. The summed E-state index contributed by atoms with van der Waals surface area (Å²) in [6, 6.07) is 6.79. The molecular weight excluding hydrogens is 305 g/mol. The van der Waals surface area contributed by atoms with E-state index in [1.54, 1.807) is 30.5 Å². The molecule has 2 rings (SSSR count). The van der Waals surface area contributed by atoms with Crippen LogP contribution in [0.5, 0.6) is 0 Å². The second-order valence-corrected chi connectivity index (χ2v) is 4.34. The fourth-order valence-electron chi connectivity index (χ4n) is 1.21. The highest BCUT2D eigenvalue weighted by atomic mass is 79.9. The van der Waals surface area contributed by atoms with Crippen LogP contribution in [0.4, 0.5) is 5.82 Å². The lowest BCUT2D eigenvalue weighted by Gasteiger charge is -2.06. The van der Waals surface area contributed by atoms with Crippen molar-refractivity contribution < 1.29 is 4.79 Å². The Kier molecular flexibility index (Phi) is 3.71. The summed E-state index contributed by atoms with van der Waals surface area (Å²) in [5.74, 6) is 0.0971. The summed E-state index contributed by atoms with van der Waals surface area (Å²) in [7, 11) is 0. The number of amides is 1. The van der Waals surface area contributed by atoms with E-state index >= 15 is 0 Å². The number of halogens is 2. The predicted octanol–water partition coefficient (Wildman–Crippen LogP) is 3.14. The Bertz CT molecular complexity index is 562. The van der Waals surface area contributed by atoms with E-state index in [4.69, 9.17) is 11.6 Å². The molecule has 4 nitrogen and oxygen atoms in total. The zero-order valence-corrected chi connectivity index (χ0v) is 10.9. The Hall–Kier alpha value is -1.46. The first-order valence-electron chi connectivity index (χ1n) is 4.71. The molecule has 0 spiro atoms. The van der Waals surface area contributed by atoms with Gasteiger partial charge in [-0.2, -0.15) is 0 Å². The van der Waals surface area contributed by atoms with Gasteiger partial charge >= 0.3 is 0 Å². The van der Waals surface area contributed by atoms with Gasteiger partial charge in [0.15, 0.2) is 0 Å². The summed E-state index contributed by atoms with van der Waals surface area (Å²) < 4.78 is 0.702. The van der Waals surface area contributed by atoms with Crippen LogP contribution in [-0.2, 0) is 0 Å². The Morgan fingerprint density at radius 2 is 1.94 bits per heavy atom. The van der Waals surface area contributed by atoms with Gasteiger partial charge in [0.05, 0.1) is 10.0 Å². The summed E-state index contributed by atoms with van der Waals surface area (Å²) in [5.41, 5.74) is 0.312. The predicted molar refractivity (Wildman–Crippen MR) is 69.1 cm³/mol. The number of hydrogen-bond acceptors (Lipinski definition) is 3. The van der Waals surface area contributed by atoms with E-state index < -0.39 is 0 Å². The Morgan fingerprint density at radius 3 is 2.65 bits per heavy atom. The van der Waals surface area contributed by atoms with Crippen LogP contribution in [0.25, 0.3) is 0 Å². The van der Waals surface area contributed by atoms with Crippen molar-refractivity contribution in [1.29, 1.82) is 0 Å². The molecule has 86 valence electrons. The monoisotopic (exact) mass is 311 g/mol. The van der Waals surface area contributed by atoms with Gasteiger partial charge in [-0.3, -0.25) is 4.79 Å². The highest BCUT2D eigenvalue weighted by Gasteiger charge is 2.12. The van der Waals surface area contributed by atoms with E-state index in [9.17, 15) is 4.79 Å². The molecule has 0 aromatic carbocycles. The smallest absolute Gasteiger partial charge is 0.259 e. The lowest BCUT2D eigenvalue weighted by Crippen LogP contribution is -2.14. The average Bonchev–Trinajstić information content (AvgIpc) is 2.32. The van der Waals surface area contributed by atoms with Gasteiger partial charge < -0.3 is 5.32 Å². The standard InChI is InChI=1S/C11H7BrClN3O/c12-8-4-2-6-15-10(8)16-11(17)7-3-1-5-14-9(7)13/h1-6H,(H,15,16,17). The van der Waals surface area contributed by atoms with E-state index in [1.165, 1.54) is 6.20 Å². The number of pyridine rings is 2. The highest BCUT2D eigenvalue weighted by molar-refractivity contribution is 9.10. The molecule has 0 bridgehead atoms. The minimum absolute atomic E-state index is 0.164. The largest absolute Gasteiger partial charge is 0.306 e. The molecule has 0 aliphatic heterocycles. The molecule has 2 aromatic heterocycles. The molecule has 0 fully saturated rings. The third-order valence-electron chi connectivity index (χ3n) is 1.99. The van der Waals surface area contributed by atoms with Crippen LogP contribution in [0.3, 0.4) is 0 Å². The van der Waals surface area contributed by atoms with Gasteiger partial charge in [-0.15, -0.1) is 0 Å². The summed E-state index contributed by atoms with van der Waals surface area (Å²) in [5, 5.41) is 2.81. The number of anilines is 1. The molecule has 0 saturated carbocycles. The molecule has 6 heteroatoms. The first-order chi connectivity index (χ1) is 8.18. The quantitative estimate of drug-likeness (QED) is 0.867. The number of hydrogen-bond donors (Lipinski definition) is 1. The van der Waals surface area contributed by atoms with Crippen molar-refractivity contribution in [2.75, 3.05) is 5.32 Å². The van der Waals surface area contributed by atoms with Crippen LogP contribution < -0.4 is 5.32 Å². The van der Waals surface area contributed by atoms with E-state index in [1.807, 2.05) is 0 Å². The third-order valence-corrected chi connectivity index (χ3v) is 2.94. The van der Waals surface area contributed by atoms with Crippen molar-refractivity contribution in [2.24, 2.45) is 0 Å². The second kappa shape index (κ2) is 5.25. The third kappa shape index (κ3) is 2.81. The van der Waals surface area contributed by atoms with E-state index in [0.29, 0.717) is 15.9 Å². The maximum absolute atomic E-state index is 11.9. The van der Waals surface area contributed by atoms with Crippen molar-refractivity contribution in [2.45, 2.75) is 0 Å². The van der Waals surface area contributed by atoms with E-state index in [0.717, 1.165) is 0 Å². The number of nitrogens with one attached hydrogen (secondary N) is 1. The summed E-state index contributed by atoms with van der Waals surface area (Å²) in [6.45, 7) is 0. The molecule has 2 heterocycles. The molecule has 0 unspecified atom stereocenters. The summed E-state index contributed by atoms with van der Waals surface area (Å²) >= 11 is 9.11. The molecule has 0 atom stereocenters. The lowest BCUT2D eigenvalue weighted by molar-refractivity contribution is 0.102. The van der Waals surface area contributed by atoms with Crippen molar-refractivity contribution >= 4 is 39.3 Å². The van der Waals surface area contributed by atoms with Crippen molar-refractivity contribution in [3.8, 4) is 0 Å². The van der Waals surface area contributed by atoms with Gasteiger partial charge in [0.2, 0.25) is 0 Å². The Labute approximate surface area is 111 Å². The fraction of sp³-hybridized carbons (Fsp3) is 0. The van der Waals surface area contributed by atoms with Gasteiger partial charge in [0.1, 0.15) is 11.0 Å². The van der Waals surface area contributed by atoms with Crippen molar-refractivity contribution in [3.63, 3.8) is 0 Å². The van der Waals surface area contributed by atoms with Crippen LogP contribution in [0.1, 0.15) is 10.4 Å². The molecule has 2 aromatic rings. The molecule has 0 aliphatic rings. The van der Waals surface area contributed by atoms with Crippen LogP contribution in [0, 0.1) is 0 Å². The average molecular weight is 313 g/mol. The fourth-order valence-corrected chi connectivity index (χ4v) is 1.77. The second-order valence-electron chi connectivity index (χ2n) is 3.13. The van der Waals surface area contributed by atoms with Gasteiger partial charge in [-0.25, -0.2) is 9.97 Å². The van der Waals surface area contributed by atoms with Crippen LogP contribution in [0.2, 0.25) is 5.15 Å². The van der Waals surface area contributed by atoms with Crippen LogP contribution >= 0.6 is 27.5 Å². The van der Waals surface area contributed by atoms with Gasteiger partial charge in [-0.1, -0.05) is 11.6 Å². The lowest BCUT2D eigenvalue weighted by atomic mass is 10.2. The molecule has 0 saturated heterocycles. The van der Waals surface area contributed by atoms with Crippen LogP contribution in [-0.4, -0.2) is 15.9 Å². The number of aromatic nitrogens is 2. The Morgan fingerprint density at radius 1 is 1.24 bits per heavy atom. The minimum Gasteiger partial charge on any atom is -0.306 e. The highest BCUT2D eigenvalue weighted by Crippen LogP contribution is 2.20. The molecule has 1 N–H and O–H groups in total. The normalized spacial score (nSPS) is 10.0. The first-order valence-corrected chi connectivity index (χ1v) is 5.88. The number of carbonyl (C=O) groups excluding carboxylic acids is 1. The Balaban J connectivity index is 2.24. The topological polar surface area (TPSA) is 54.9 Å². The summed E-state index contributed by atoms with van der Waals surface area (Å²) in [4.78, 5) is 19.8. The number of nitrogens with zero attached hydrogens (tertiary/aromatic N) is 2. The molecule has 1 amide bonds. The zero-order valence-electron chi connectivity index (χ0n) is 8.52. The van der Waals surface area contributed by atoms with Gasteiger partial charge in [0, 0.05) is 12.4 Å². The minimum atomic E-state index is -0.345. The number of rotatable bonds is 2. The van der Waals surface area contributed by atoms with E-state index in [-0.39, 0.29) is 11.1 Å². The zero-order chi connectivity index (χ0) is 12.3. The molecular formula is C11H7BrClN3O. The molecule has 0 aliphatic carbocycles. The van der Waals surface area contributed by atoms with Crippen LogP contribution in [0.15, 0.2) is 41.1 Å². The SMILES string of the molecule is O=C(Nc1ncccc1Br)c1cccnc1Cl. The van der Waals surface area contributed by atoms with Gasteiger partial charge in [0.25, 0.3) is 5.91 Å². The maximum Gasteiger partial charge on any atom is 0.259 e. The molecule has 17 heavy (non-hydrogen) atoms. The van der Waals surface area contributed by atoms with Crippen molar-refractivity contribution in [1.82, 2.24) is 9.97 Å². The first kappa shape index (κ1) is 12.0. The number of carbonyl (C=O) groups is 1. The molecule has 0 radical (unpaired) electrons.